The molecule has 0 aliphatic heterocycles. The van der Waals surface area contributed by atoms with Gasteiger partial charge in [-0.05, 0) is 35.9 Å². The number of rotatable bonds is 8. The fourth-order valence-corrected chi connectivity index (χ4v) is 2.72. The average Bonchev–Trinajstić information content (AvgIpc) is 2.77. The highest BCUT2D eigenvalue weighted by Crippen LogP contribution is 2.24. The quantitative estimate of drug-likeness (QED) is 0.408. The van der Waals surface area contributed by atoms with E-state index in [4.69, 9.17) is 4.74 Å². The van der Waals surface area contributed by atoms with Crippen molar-refractivity contribution in [3.63, 3.8) is 0 Å². The Hall–Kier alpha value is -3.75. The van der Waals surface area contributed by atoms with Crippen LogP contribution in [0.4, 0.5) is 13.2 Å². The summed E-state index contributed by atoms with van der Waals surface area (Å²) < 4.78 is 49.4. The normalized spacial score (nSPS) is 11.3. The van der Waals surface area contributed by atoms with Crippen LogP contribution < -0.4 is 20.1 Å². The predicted octanol–water partition coefficient (Wildman–Crippen LogP) is 4.48. The first-order chi connectivity index (χ1) is 15.0. The molecular formula is C22H21F3N4O2. The van der Waals surface area contributed by atoms with Crippen LogP contribution >= 0.6 is 0 Å². The molecule has 3 aromatic rings. The summed E-state index contributed by atoms with van der Waals surface area (Å²) in [5.41, 5.74) is 1.22. The lowest BCUT2D eigenvalue weighted by molar-refractivity contribution is -0.0504. The second-order valence-corrected chi connectivity index (χ2v) is 6.32. The Balaban J connectivity index is 1.56. The maximum atomic E-state index is 14.4. The number of guanidine groups is 1. The van der Waals surface area contributed by atoms with Gasteiger partial charge in [0, 0.05) is 31.9 Å². The lowest BCUT2D eigenvalue weighted by Gasteiger charge is -2.15. The zero-order chi connectivity index (χ0) is 22.1. The standard InChI is InChI=1S/C22H21F3N4O2/c1-26-22(29-13-16-5-2-3-7-19(16)31-21(24)25)28-12-15-8-9-20(18(23)11-15)30-17-6-4-10-27-14-17/h2-11,14,21H,12-13H2,1H3,(H2,26,28,29). The summed E-state index contributed by atoms with van der Waals surface area (Å²) in [7, 11) is 1.57. The molecule has 6 nitrogen and oxygen atoms in total. The topological polar surface area (TPSA) is 67.8 Å². The number of hydrogen-bond donors (Lipinski definition) is 2. The Kier molecular flexibility index (Phi) is 7.69. The number of halogens is 3. The van der Waals surface area contributed by atoms with E-state index in [0.717, 1.165) is 0 Å². The Morgan fingerprint density at radius 2 is 1.84 bits per heavy atom. The van der Waals surface area contributed by atoms with Gasteiger partial charge in [0.15, 0.2) is 17.5 Å². The molecule has 9 heteroatoms. The highest BCUT2D eigenvalue weighted by molar-refractivity contribution is 5.79. The van der Waals surface area contributed by atoms with E-state index in [9.17, 15) is 13.2 Å². The summed E-state index contributed by atoms with van der Waals surface area (Å²) in [5, 5.41) is 6.06. The van der Waals surface area contributed by atoms with Crippen LogP contribution in [0.1, 0.15) is 11.1 Å². The third-order valence-corrected chi connectivity index (χ3v) is 4.18. The van der Waals surface area contributed by atoms with Crippen LogP contribution in [0.2, 0.25) is 0 Å². The smallest absolute Gasteiger partial charge is 0.387 e. The number of aromatic nitrogens is 1. The molecule has 0 saturated heterocycles. The number of aliphatic imine (C=N–C) groups is 1. The van der Waals surface area contributed by atoms with Crippen LogP contribution in [0.25, 0.3) is 0 Å². The highest BCUT2D eigenvalue weighted by atomic mass is 19.3. The zero-order valence-electron chi connectivity index (χ0n) is 16.7. The Labute approximate surface area is 177 Å². The number of benzene rings is 2. The molecule has 2 aromatic carbocycles. The average molecular weight is 430 g/mol. The van der Waals surface area contributed by atoms with Crippen LogP contribution in [0.3, 0.4) is 0 Å². The Bertz CT molecular complexity index is 1020. The summed E-state index contributed by atoms with van der Waals surface area (Å²) in [6.45, 7) is -2.40. The SMILES string of the molecule is CN=C(NCc1ccc(Oc2cccnc2)c(F)c1)NCc1ccccc1OC(F)F. The van der Waals surface area contributed by atoms with E-state index in [0.29, 0.717) is 29.4 Å². The van der Waals surface area contributed by atoms with Crippen LogP contribution in [-0.4, -0.2) is 24.6 Å². The molecule has 2 N–H and O–H groups in total. The molecule has 0 fully saturated rings. The van der Waals surface area contributed by atoms with E-state index in [-0.39, 0.29) is 18.0 Å². The molecule has 0 saturated carbocycles. The van der Waals surface area contributed by atoms with Gasteiger partial charge in [-0.3, -0.25) is 9.98 Å². The Morgan fingerprint density at radius 3 is 2.55 bits per heavy atom. The first-order valence-electron chi connectivity index (χ1n) is 9.38. The molecule has 0 spiro atoms. The molecule has 0 bridgehead atoms. The summed E-state index contributed by atoms with van der Waals surface area (Å²) in [6.07, 6.45) is 3.10. The predicted molar refractivity (Wildman–Crippen MR) is 111 cm³/mol. The van der Waals surface area contributed by atoms with Gasteiger partial charge in [0.1, 0.15) is 11.5 Å². The second-order valence-electron chi connectivity index (χ2n) is 6.32. The van der Waals surface area contributed by atoms with E-state index < -0.39 is 12.4 Å². The fourth-order valence-electron chi connectivity index (χ4n) is 2.72. The van der Waals surface area contributed by atoms with Crippen molar-refractivity contribution in [1.29, 1.82) is 0 Å². The first-order valence-corrected chi connectivity index (χ1v) is 9.38. The van der Waals surface area contributed by atoms with E-state index >= 15 is 0 Å². The first kappa shape index (κ1) is 21.9. The minimum atomic E-state index is -2.90. The summed E-state index contributed by atoms with van der Waals surface area (Å²) in [4.78, 5) is 8.01. The molecule has 3 rings (SSSR count). The van der Waals surface area contributed by atoms with Gasteiger partial charge in [0.25, 0.3) is 0 Å². The molecule has 0 aliphatic rings. The maximum absolute atomic E-state index is 14.4. The van der Waals surface area contributed by atoms with Gasteiger partial charge in [-0.1, -0.05) is 24.3 Å². The molecule has 1 aromatic heterocycles. The lowest BCUT2D eigenvalue weighted by Crippen LogP contribution is -2.36. The van der Waals surface area contributed by atoms with Gasteiger partial charge in [-0.2, -0.15) is 8.78 Å². The monoisotopic (exact) mass is 430 g/mol. The number of para-hydroxylation sites is 1. The van der Waals surface area contributed by atoms with Crippen molar-refractivity contribution in [3.05, 3.63) is 83.9 Å². The van der Waals surface area contributed by atoms with Gasteiger partial charge in [0.2, 0.25) is 0 Å². The molecule has 0 aliphatic carbocycles. The minimum absolute atomic E-state index is 0.0896. The number of alkyl halides is 2. The third kappa shape index (κ3) is 6.63. The molecule has 0 atom stereocenters. The molecule has 0 radical (unpaired) electrons. The van der Waals surface area contributed by atoms with Crippen molar-refractivity contribution in [2.24, 2.45) is 4.99 Å². The minimum Gasteiger partial charge on any atom is -0.453 e. The third-order valence-electron chi connectivity index (χ3n) is 4.18. The van der Waals surface area contributed by atoms with Crippen molar-refractivity contribution in [2.75, 3.05) is 7.05 Å². The van der Waals surface area contributed by atoms with Crippen molar-refractivity contribution in [1.82, 2.24) is 15.6 Å². The number of hydrogen-bond acceptors (Lipinski definition) is 4. The Morgan fingerprint density at radius 1 is 1.03 bits per heavy atom. The summed E-state index contributed by atoms with van der Waals surface area (Å²) in [6, 6.07) is 14.5. The van der Waals surface area contributed by atoms with Crippen molar-refractivity contribution >= 4 is 5.96 Å². The van der Waals surface area contributed by atoms with Crippen LogP contribution in [-0.2, 0) is 13.1 Å². The number of ether oxygens (including phenoxy) is 2. The van der Waals surface area contributed by atoms with E-state index in [1.807, 2.05) is 0 Å². The van der Waals surface area contributed by atoms with Gasteiger partial charge >= 0.3 is 6.61 Å². The largest absolute Gasteiger partial charge is 0.453 e. The molecule has 31 heavy (non-hydrogen) atoms. The van der Waals surface area contributed by atoms with Gasteiger partial charge in [-0.15, -0.1) is 0 Å². The molecule has 1 heterocycles. The highest BCUT2D eigenvalue weighted by Gasteiger charge is 2.10. The number of nitrogens with one attached hydrogen (secondary N) is 2. The van der Waals surface area contributed by atoms with Crippen LogP contribution in [0, 0.1) is 5.82 Å². The fraction of sp³-hybridized carbons (Fsp3) is 0.182. The van der Waals surface area contributed by atoms with E-state index in [1.54, 1.807) is 49.6 Å². The van der Waals surface area contributed by atoms with Gasteiger partial charge < -0.3 is 20.1 Å². The molecule has 162 valence electrons. The summed E-state index contributed by atoms with van der Waals surface area (Å²) >= 11 is 0. The molecular weight excluding hydrogens is 409 g/mol. The molecule has 0 amide bonds. The summed E-state index contributed by atoms with van der Waals surface area (Å²) in [5.74, 6) is 0.529. The second kappa shape index (κ2) is 10.9. The van der Waals surface area contributed by atoms with Gasteiger partial charge in [0.05, 0.1) is 6.20 Å². The van der Waals surface area contributed by atoms with Crippen LogP contribution in [0.15, 0.2) is 72.0 Å². The van der Waals surface area contributed by atoms with Crippen LogP contribution in [0.5, 0.6) is 17.2 Å². The van der Waals surface area contributed by atoms with Gasteiger partial charge in [-0.25, -0.2) is 4.39 Å². The van der Waals surface area contributed by atoms with Crippen molar-refractivity contribution < 1.29 is 22.6 Å². The van der Waals surface area contributed by atoms with E-state index in [1.165, 1.54) is 24.4 Å². The van der Waals surface area contributed by atoms with Crippen molar-refractivity contribution in [3.8, 4) is 17.2 Å². The lowest BCUT2D eigenvalue weighted by atomic mass is 10.2. The number of nitrogens with zero attached hydrogens (tertiary/aromatic N) is 2. The van der Waals surface area contributed by atoms with E-state index in [2.05, 4.69) is 25.3 Å². The zero-order valence-corrected chi connectivity index (χ0v) is 16.7. The maximum Gasteiger partial charge on any atom is 0.387 e. The van der Waals surface area contributed by atoms with Crippen molar-refractivity contribution in [2.45, 2.75) is 19.7 Å². The molecule has 0 unspecified atom stereocenters. The number of pyridine rings is 1.